The highest BCUT2D eigenvalue weighted by atomic mass is 35.5. The summed E-state index contributed by atoms with van der Waals surface area (Å²) < 4.78 is 61.2. The molecule has 0 radical (unpaired) electrons. The van der Waals surface area contributed by atoms with E-state index in [0.717, 1.165) is 0 Å². The van der Waals surface area contributed by atoms with Crippen LogP contribution in [0.15, 0.2) is 0 Å². The van der Waals surface area contributed by atoms with Gasteiger partial charge in [0.1, 0.15) is 0 Å². The summed E-state index contributed by atoms with van der Waals surface area (Å²) in [7, 11) is 1.41. The van der Waals surface area contributed by atoms with E-state index < -0.39 is 18.9 Å². The van der Waals surface area contributed by atoms with Crippen LogP contribution < -0.4 is 5.32 Å². The molecule has 0 atom stereocenters. The average molecular weight is 230 g/mol. The highest BCUT2D eigenvalue weighted by Crippen LogP contribution is 2.35. The summed E-state index contributed by atoms with van der Waals surface area (Å²) in [6.45, 7) is -0.755. The maximum absolute atomic E-state index is 11.9. The van der Waals surface area contributed by atoms with Gasteiger partial charge in [-0.25, -0.2) is 0 Å². The zero-order valence-electron chi connectivity index (χ0n) is 6.62. The minimum absolute atomic E-state index is 0. The Hall–Kier alpha value is -0.140. The van der Waals surface area contributed by atoms with Crippen LogP contribution in [0.1, 0.15) is 0 Å². The van der Waals surface area contributed by atoms with Gasteiger partial charge in [-0.05, 0) is 7.05 Å². The predicted molar refractivity (Wildman–Crippen MR) is 38.1 cm³/mol. The molecule has 0 aromatic rings. The molecular formula is C5H9ClF5NO. The molecule has 0 heterocycles. The molecule has 8 heteroatoms. The third-order valence-electron chi connectivity index (χ3n) is 0.965. The van der Waals surface area contributed by atoms with E-state index in [1.54, 1.807) is 0 Å². The van der Waals surface area contributed by atoms with Crippen LogP contribution in [0.25, 0.3) is 0 Å². The Kier molecular flexibility index (Phi) is 6.56. The third kappa shape index (κ3) is 5.22. The van der Waals surface area contributed by atoms with Gasteiger partial charge in [0, 0.05) is 6.54 Å². The Labute approximate surface area is 77.8 Å². The maximum Gasteiger partial charge on any atom is 0.482 e. The fourth-order valence-electron chi connectivity index (χ4n) is 0.363. The van der Waals surface area contributed by atoms with E-state index in [1.165, 1.54) is 7.05 Å². The van der Waals surface area contributed by atoms with Crippen molar-refractivity contribution in [3.8, 4) is 0 Å². The van der Waals surface area contributed by atoms with Crippen molar-refractivity contribution >= 4 is 12.4 Å². The molecular weight excluding hydrogens is 221 g/mol. The first-order valence-electron chi connectivity index (χ1n) is 3.04. The van der Waals surface area contributed by atoms with Gasteiger partial charge in [-0.3, -0.25) is 0 Å². The van der Waals surface area contributed by atoms with Crippen molar-refractivity contribution in [2.45, 2.75) is 12.3 Å². The second-order valence-electron chi connectivity index (χ2n) is 1.97. The zero-order valence-corrected chi connectivity index (χ0v) is 7.44. The van der Waals surface area contributed by atoms with Gasteiger partial charge in [-0.2, -0.15) is 22.0 Å². The lowest BCUT2D eigenvalue weighted by molar-refractivity contribution is -0.390. The summed E-state index contributed by atoms with van der Waals surface area (Å²) in [6, 6.07) is 0. The molecule has 0 spiro atoms. The lowest BCUT2D eigenvalue weighted by Gasteiger charge is -2.18. The second-order valence-corrected chi connectivity index (χ2v) is 1.97. The molecule has 0 saturated heterocycles. The van der Waals surface area contributed by atoms with Crippen LogP contribution in [0.2, 0.25) is 0 Å². The monoisotopic (exact) mass is 229 g/mol. The lowest BCUT2D eigenvalue weighted by Crippen LogP contribution is -2.40. The molecule has 0 aromatic carbocycles. The van der Waals surface area contributed by atoms with Crippen molar-refractivity contribution in [3.63, 3.8) is 0 Å². The molecule has 0 aliphatic heterocycles. The standard InChI is InChI=1S/C5H8F5NO.ClH/c1-11-2-3-12-5(9,10)4(6,7)8;/h11H,2-3H2,1H3;1H. The molecule has 0 aromatic heterocycles. The number of hydrogen-bond acceptors (Lipinski definition) is 2. The SMILES string of the molecule is CNCCOC(F)(F)C(F)(F)F.Cl. The normalized spacial score (nSPS) is 12.5. The van der Waals surface area contributed by atoms with Gasteiger partial charge in [0.2, 0.25) is 0 Å². The smallest absolute Gasteiger partial charge is 0.317 e. The van der Waals surface area contributed by atoms with Crippen molar-refractivity contribution in [1.29, 1.82) is 0 Å². The summed E-state index contributed by atoms with van der Waals surface area (Å²) in [4.78, 5) is 0. The molecule has 0 aliphatic carbocycles. The first-order chi connectivity index (χ1) is 5.31. The Bertz CT molecular complexity index is 139. The van der Waals surface area contributed by atoms with Crippen molar-refractivity contribution in [2.75, 3.05) is 20.2 Å². The van der Waals surface area contributed by atoms with Crippen molar-refractivity contribution < 1.29 is 26.7 Å². The van der Waals surface area contributed by atoms with Gasteiger partial charge in [0.25, 0.3) is 0 Å². The van der Waals surface area contributed by atoms with E-state index in [4.69, 9.17) is 0 Å². The van der Waals surface area contributed by atoms with E-state index in [-0.39, 0.29) is 19.0 Å². The highest BCUT2D eigenvalue weighted by molar-refractivity contribution is 5.85. The van der Waals surface area contributed by atoms with Gasteiger partial charge in [-0.1, -0.05) is 0 Å². The van der Waals surface area contributed by atoms with Gasteiger partial charge in [-0.15, -0.1) is 12.4 Å². The molecule has 13 heavy (non-hydrogen) atoms. The molecule has 1 N–H and O–H groups in total. The van der Waals surface area contributed by atoms with Crippen molar-refractivity contribution in [1.82, 2.24) is 5.32 Å². The number of alkyl halides is 5. The van der Waals surface area contributed by atoms with E-state index in [2.05, 4.69) is 10.1 Å². The zero-order chi connectivity index (χ0) is 9.83. The number of likely N-dealkylation sites (N-methyl/N-ethyl adjacent to an activating group) is 1. The van der Waals surface area contributed by atoms with Crippen LogP contribution in [0.3, 0.4) is 0 Å². The molecule has 0 unspecified atom stereocenters. The summed E-state index contributed by atoms with van der Waals surface area (Å²) in [5.41, 5.74) is 0. The van der Waals surface area contributed by atoms with Crippen LogP contribution >= 0.6 is 12.4 Å². The number of nitrogens with one attached hydrogen (secondary N) is 1. The first-order valence-corrected chi connectivity index (χ1v) is 3.04. The van der Waals surface area contributed by atoms with Gasteiger partial charge >= 0.3 is 12.3 Å². The molecule has 0 aliphatic rings. The molecule has 0 bridgehead atoms. The number of ether oxygens (including phenoxy) is 1. The third-order valence-corrected chi connectivity index (χ3v) is 0.965. The minimum atomic E-state index is -5.64. The quantitative estimate of drug-likeness (QED) is 0.586. The van der Waals surface area contributed by atoms with Crippen LogP contribution in [-0.2, 0) is 4.74 Å². The summed E-state index contributed by atoms with van der Waals surface area (Å²) in [5, 5.41) is 2.37. The molecule has 0 rings (SSSR count). The Morgan fingerprint density at radius 3 is 1.92 bits per heavy atom. The molecule has 2 nitrogen and oxygen atoms in total. The lowest BCUT2D eigenvalue weighted by atomic mass is 10.6. The van der Waals surface area contributed by atoms with Crippen LogP contribution in [0, 0.1) is 0 Å². The van der Waals surface area contributed by atoms with Crippen LogP contribution in [-0.4, -0.2) is 32.5 Å². The fraction of sp³-hybridized carbons (Fsp3) is 1.00. The molecule has 0 fully saturated rings. The van der Waals surface area contributed by atoms with Gasteiger partial charge in [0.05, 0.1) is 6.61 Å². The number of halogens is 6. The summed E-state index contributed by atoms with van der Waals surface area (Å²) >= 11 is 0. The van der Waals surface area contributed by atoms with E-state index in [9.17, 15) is 22.0 Å². The Morgan fingerprint density at radius 1 is 1.15 bits per heavy atom. The molecule has 82 valence electrons. The number of hydrogen-bond donors (Lipinski definition) is 1. The molecule has 0 amide bonds. The predicted octanol–water partition coefficient (Wildman–Crippen LogP) is 1.80. The van der Waals surface area contributed by atoms with Gasteiger partial charge in [0.15, 0.2) is 0 Å². The van der Waals surface area contributed by atoms with E-state index in [0.29, 0.717) is 0 Å². The average Bonchev–Trinajstić information content (AvgIpc) is 1.85. The topological polar surface area (TPSA) is 21.3 Å². The number of rotatable bonds is 4. The molecule has 0 saturated carbocycles. The minimum Gasteiger partial charge on any atom is -0.317 e. The largest absolute Gasteiger partial charge is 0.482 e. The van der Waals surface area contributed by atoms with Crippen molar-refractivity contribution in [2.24, 2.45) is 0 Å². The Balaban J connectivity index is 0. The second kappa shape index (κ2) is 5.56. The first kappa shape index (κ1) is 15.3. The Morgan fingerprint density at radius 2 is 1.62 bits per heavy atom. The van der Waals surface area contributed by atoms with Crippen LogP contribution in [0.4, 0.5) is 22.0 Å². The van der Waals surface area contributed by atoms with Crippen molar-refractivity contribution in [3.05, 3.63) is 0 Å². The van der Waals surface area contributed by atoms with Gasteiger partial charge < -0.3 is 10.1 Å². The maximum atomic E-state index is 11.9. The van der Waals surface area contributed by atoms with E-state index >= 15 is 0 Å². The summed E-state index contributed by atoms with van der Waals surface area (Å²) in [5.74, 6) is 0. The van der Waals surface area contributed by atoms with E-state index in [1.807, 2.05) is 0 Å². The fourth-order valence-corrected chi connectivity index (χ4v) is 0.363. The van der Waals surface area contributed by atoms with Crippen LogP contribution in [0.5, 0.6) is 0 Å². The highest BCUT2D eigenvalue weighted by Gasteiger charge is 2.59. The summed E-state index contributed by atoms with van der Waals surface area (Å²) in [6.07, 6.45) is -10.7.